The van der Waals surface area contributed by atoms with Crippen molar-refractivity contribution in [1.82, 2.24) is 19.7 Å². The summed E-state index contributed by atoms with van der Waals surface area (Å²) in [6, 6.07) is 13.9. The minimum atomic E-state index is -0.0152. The monoisotopic (exact) mass is 364 g/mol. The van der Waals surface area contributed by atoms with E-state index in [1.807, 2.05) is 34.9 Å². The van der Waals surface area contributed by atoms with Crippen LogP contribution in [0.3, 0.4) is 0 Å². The first kappa shape index (κ1) is 15.9. The molecular formula is C20H20N4OS. The molecule has 1 aromatic carbocycles. The van der Waals surface area contributed by atoms with Crippen LogP contribution in [-0.4, -0.2) is 32.8 Å². The van der Waals surface area contributed by atoms with Gasteiger partial charge in [0.25, 0.3) is 5.56 Å². The molecule has 1 saturated heterocycles. The van der Waals surface area contributed by atoms with Crippen molar-refractivity contribution in [1.29, 1.82) is 0 Å². The first-order chi connectivity index (χ1) is 12.8. The number of hydrogen-bond donors (Lipinski definition) is 0. The van der Waals surface area contributed by atoms with Crippen LogP contribution in [0.4, 0.5) is 0 Å². The highest BCUT2D eigenvalue weighted by atomic mass is 32.1. The number of thiophene rings is 1. The van der Waals surface area contributed by atoms with Gasteiger partial charge in [-0.05, 0) is 30.8 Å². The first-order valence-corrected chi connectivity index (χ1v) is 9.91. The Bertz CT molecular complexity index is 983. The van der Waals surface area contributed by atoms with Crippen molar-refractivity contribution in [2.24, 2.45) is 0 Å². The Morgan fingerprint density at radius 2 is 1.88 bits per heavy atom. The number of fused-ring (bicyclic) bond motifs is 2. The topological polar surface area (TPSA) is 51.0 Å². The van der Waals surface area contributed by atoms with Crippen molar-refractivity contribution in [3.05, 3.63) is 68.9 Å². The summed E-state index contributed by atoms with van der Waals surface area (Å²) in [6.45, 7) is 3.74. The van der Waals surface area contributed by atoms with Gasteiger partial charge in [-0.25, -0.2) is 0 Å². The standard InChI is InChI=1S/C20H20N4OS/c25-18-17(15-5-2-1-3-6-15)21-22-19-20(9-11-24(18)19)8-10-23(14-20)13-16-7-4-12-26-16/h1-7,12H,8-11,13-14H2. The second-order valence-electron chi connectivity index (χ2n) is 7.27. The van der Waals surface area contributed by atoms with Gasteiger partial charge in [-0.15, -0.1) is 21.5 Å². The maximum Gasteiger partial charge on any atom is 0.280 e. The predicted octanol–water partition coefficient (Wildman–Crippen LogP) is 2.91. The fraction of sp³-hybridized carbons (Fsp3) is 0.350. The van der Waals surface area contributed by atoms with Crippen LogP contribution in [0, 0.1) is 0 Å². The lowest BCUT2D eigenvalue weighted by Crippen LogP contribution is -2.33. The zero-order chi connectivity index (χ0) is 17.6. The molecule has 0 amide bonds. The Hall–Kier alpha value is -2.31. The zero-order valence-corrected chi connectivity index (χ0v) is 15.3. The van der Waals surface area contributed by atoms with Crippen molar-refractivity contribution in [3.63, 3.8) is 0 Å². The molecule has 2 aliphatic heterocycles. The minimum absolute atomic E-state index is 0.00483. The van der Waals surface area contributed by atoms with Crippen LogP contribution in [0.5, 0.6) is 0 Å². The fourth-order valence-electron chi connectivity index (χ4n) is 4.34. The zero-order valence-electron chi connectivity index (χ0n) is 14.5. The van der Waals surface area contributed by atoms with E-state index in [1.54, 1.807) is 11.3 Å². The van der Waals surface area contributed by atoms with Crippen LogP contribution in [0.15, 0.2) is 52.6 Å². The van der Waals surface area contributed by atoms with Crippen molar-refractivity contribution in [3.8, 4) is 11.3 Å². The van der Waals surface area contributed by atoms with E-state index in [1.165, 1.54) is 4.88 Å². The molecule has 5 nitrogen and oxygen atoms in total. The van der Waals surface area contributed by atoms with E-state index in [0.29, 0.717) is 5.69 Å². The Kier molecular flexibility index (Phi) is 3.76. The normalized spacial score (nSPS) is 22.2. The molecule has 6 heteroatoms. The van der Waals surface area contributed by atoms with Gasteiger partial charge in [0.1, 0.15) is 5.82 Å². The molecule has 132 valence electrons. The van der Waals surface area contributed by atoms with E-state index >= 15 is 0 Å². The third-order valence-corrected chi connectivity index (χ3v) is 6.54. The van der Waals surface area contributed by atoms with E-state index in [2.05, 4.69) is 32.6 Å². The van der Waals surface area contributed by atoms with Crippen LogP contribution >= 0.6 is 11.3 Å². The quantitative estimate of drug-likeness (QED) is 0.717. The third kappa shape index (κ3) is 2.52. The molecule has 0 bridgehead atoms. The molecule has 5 rings (SSSR count). The van der Waals surface area contributed by atoms with Crippen molar-refractivity contribution < 1.29 is 0 Å². The van der Waals surface area contributed by atoms with Crippen LogP contribution in [0.25, 0.3) is 11.3 Å². The van der Waals surface area contributed by atoms with Gasteiger partial charge in [0, 0.05) is 35.5 Å². The van der Waals surface area contributed by atoms with E-state index < -0.39 is 0 Å². The lowest BCUT2D eigenvalue weighted by atomic mass is 9.85. The summed E-state index contributed by atoms with van der Waals surface area (Å²) in [5.41, 5.74) is 1.28. The first-order valence-electron chi connectivity index (χ1n) is 9.03. The Balaban J connectivity index is 1.46. The summed E-state index contributed by atoms with van der Waals surface area (Å²) < 4.78 is 1.87. The number of likely N-dealkylation sites (tertiary alicyclic amines) is 1. The molecule has 2 aromatic heterocycles. The van der Waals surface area contributed by atoms with Crippen molar-refractivity contribution >= 4 is 11.3 Å². The maximum absolute atomic E-state index is 13.0. The summed E-state index contributed by atoms with van der Waals surface area (Å²) in [5, 5.41) is 11.0. The number of hydrogen-bond acceptors (Lipinski definition) is 5. The summed E-state index contributed by atoms with van der Waals surface area (Å²) in [6.07, 6.45) is 2.04. The van der Waals surface area contributed by atoms with E-state index in [0.717, 1.165) is 50.4 Å². The third-order valence-electron chi connectivity index (χ3n) is 5.68. The average Bonchev–Trinajstić information content (AvgIpc) is 3.40. The van der Waals surface area contributed by atoms with E-state index in [4.69, 9.17) is 0 Å². The Morgan fingerprint density at radius 3 is 2.69 bits per heavy atom. The molecule has 2 aliphatic rings. The lowest BCUT2D eigenvalue weighted by molar-refractivity contribution is 0.301. The summed E-state index contributed by atoms with van der Waals surface area (Å²) in [4.78, 5) is 16.9. The van der Waals surface area contributed by atoms with Gasteiger partial charge in [-0.1, -0.05) is 36.4 Å². The number of benzene rings is 1. The number of nitrogens with zero attached hydrogens (tertiary/aromatic N) is 4. The summed E-state index contributed by atoms with van der Waals surface area (Å²) >= 11 is 1.80. The van der Waals surface area contributed by atoms with Crippen LogP contribution in [-0.2, 0) is 18.5 Å². The van der Waals surface area contributed by atoms with Gasteiger partial charge in [0.15, 0.2) is 5.69 Å². The predicted molar refractivity (Wildman–Crippen MR) is 102 cm³/mol. The smallest absolute Gasteiger partial charge is 0.280 e. The fourth-order valence-corrected chi connectivity index (χ4v) is 5.08. The van der Waals surface area contributed by atoms with Gasteiger partial charge in [-0.3, -0.25) is 14.3 Å². The largest absolute Gasteiger partial charge is 0.297 e. The second-order valence-corrected chi connectivity index (χ2v) is 8.30. The molecule has 1 unspecified atom stereocenters. The van der Waals surface area contributed by atoms with Crippen molar-refractivity contribution in [2.45, 2.75) is 31.3 Å². The van der Waals surface area contributed by atoms with Crippen LogP contribution in [0.2, 0.25) is 0 Å². The molecule has 0 N–H and O–H groups in total. The van der Waals surface area contributed by atoms with Crippen LogP contribution in [0.1, 0.15) is 23.5 Å². The lowest BCUT2D eigenvalue weighted by Gasteiger charge is -2.22. The van der Waals surface area contributed by atoms with Crippen LogP contribution < -0.4 is 5.56 Å². The van der Waals surface area contributed by atoms with Gasteiger partial charge < -0.3 is 0 Å². The van der Waals surface area contributed by atoms with Gasteiger partial charge in [0.2, 0.25) is 0 Å². The molecule has 1 spiro atoms. The Labute approximate surface area is 155 Å². The molecule has 0 aliphatic carbocycles. The molecule has 4 heterocycles. The van der Waals surface area contributed by atoms with Gasteiger partial charge in [-0.2, -0.15) is 0 Å². The second kappa shape index (κ2) is 6.14. The molecule has 3 aromatic rings. The maximum atomic E-state index is 13.0. The highest BCUT2D eigenvalue weighted by Crippen LogP contribution is 2.41. The molecule has 1 atom stereocenters. The van der Waals surface area contributed by atoms with E-state index in [-0.39, 0.29) is 11.0 Å². The highest BCUT2D eigenvalue weighted by molar-refractivity contribution is 7.09. The molecule has 0 radical (unpaired) electrons. The molecule has 1 fully saturated rings. The van der Waals surface area contributed by atoms with Gasteiger partial charge >= 0.3 is 0 Å². The summed E-state index contributed by atoms with van der Waals surface area (Å²) in [7, 11) is 0. The number of rotatable bonds is 3. The van der Waals surface area contributed by atoms with Crippen molar-refractivity contribution in [2.75, 3.05) is 13.1 Å². The van der Waals surface area contributed by atoms with Gasteiger partial charge in [0.05, 0.1) is 0 Å². The average molecular weight is 364 g/mol. The molecular weight excluding hydrogens is 344 g/mol. The molecule has 0 saturated carbocycles. The Morgan fingerprint density at radius 1 is 1.04 bits per heavy atom. The summed E-state index contributed by atoms with van der Waals surface area (Å²) in [5.74, 6) is 0.885. The minimum Gasteiger partial charge on any atom is -0.297 e. The number of aromatic nitrogens is 3. The highest BCUT2D eigenvalue weighted by Gasteiger charge is 2.46. The molecule has 26 heavy (non-hydrogen) atoms. The SMILES string of the molecule is O=c1c(-c2ccccc2)nnc2n1CCC21CCN(Cc2cccs2)C1. The van der Waals surface area contributed by atoms with E-state index in [9.17, 15) is 4.79 Å².